The normalized spacial score (nSPS) is 14.9. The average Bonchev–Trinajstić information content (AvgIpc) is 3.34. The van der Waals surface area contributed by atoms with Gasteiger partial charge in [0, 0.05) is 32.4 Å². The summed E-state index contributed by atoms with van der Waals surface area (Å²) < 4.78 is 29.6. The van der Waals surface area contributed by atoms with Gasteiger partial charge < -0.3 is 9.47 Å². The van der Waals surface area contributed by atoms with E-state index >= 15 is 0 Å². The van der Waals surface area contributed by atoms with Gasteiger partial charge >= 0.3 is 0 Å². The van der Waals surface area contributed by atoms with Crippen LogP contribution in [0.2, 0.25) is 0 Å². The number of rotatable bonds is 6. The number of hydrogen-bond donors (Lipinski definition) is 1. The van der Waals surface area contributed by atoms with Crippen LogP contribution in [0.4, 0.5) is 0 Å². The molecule has 3 heterocycles. The molecular formula is C18H26N4O3S2. The van der Waals surface area contributed by atoms with E-state index in [1.54, 1.807) is 13.0 Å². The number of thiazole rings is 1. The molecule has 0 bridgehead atoms. The van der Waals surface area contributed by atoms with Gasteiger partial charge in [-0.25, -0.2) is 18.1 Å². The first kappa shape index (κ1) is 20.0. The second-order valence-corrected chi connectivity index (χ2v) is 9.60. The predicted octanol–water partition coefficient (Wildman–Crippen LogP) is 2.69. The van der Waals surface area contributed by atoms with Crippen molar-refractivity contribution >= 4 is 27.3 Å². The van der Waals surface area contributed by atoms with Gasteiger partial charge in [-0.1, -0.05) is 6.92 Å². The monoisotopic (exact) mass is 410 g/mol. The van der Waals surface area contributed by atoms with Crippen molar-refractivity contribution in [2.75, 3.05) is 19.6 Å². The lowest BCUT2D eigenvalue weighted by Crippen LogP contribution is -2.27. The fourth-order valence-electron chi connectivity index (χ4n) is 3.23. The van der Waals surface area contributed by atoms with Gasteiger partial charge in [-0.2, -0.15) is 0 Å². The molecule has 0 spiro atoms. The summed E-state index contributed by atoms with van der Waals surface area (Å²) in [5, 5.41) is 0.664. The molecule has 1 fully saturated rings. The molecule has 0 unspecified atom stereocenters. The summed E-state index contributed by atoms with van der Waals surface area (Å²) in [5.74, 6) is 0.0251. The first-order valence-electron chi connectivity index (χ1n) is 9.19. The topological polar surface area (TPSA) is 84.3 Å². The smallest absolute Gasteiger partial charge is 0.265 e. The molecule has 0 atom stereocenters. The minimum atomic E-state index is -3.56. The molecule has 1 N–H and O–H groups in total. The Morgan fingerprint density at radius 2 is 1.96 bits per heavy atom. The standard InChI is InChI=1S/C18H26N4O3S2/c1-5-8-19-27(24,25)15-11-14(21(4)13(15)3)17-20-12(2)16(26-17)18(23)22-9-6-7-10-22/h11,19H,5-10H2,1-4H3. The number of amides is 1. The SMILES string of the molecule is CCCNS(=O)(=O)c1cc(-c2nc(C)c(C(=O)N3CCCC3)s2)n(C)c1C. The summed E-state index contributed by atoms with van der Waals surface area (Å²) in [6.45, 7) is 7.51. The summed E-state index contributed by atoms with van der Waals surface area (Å²) in [6.07, 6.45) is 2.81. The number of nitrogens with one attached hydrogen (secondary N) is 1. The molecule has 148 valence electrons. The van der Waals surface area contributed by atoms with Gasteiger partial charge in [-0.05, 0) is 39.2 Å². The lowest BCUT2D eigenvalue weighted by atomic mass is 10.3. The fraction of sp³-hybridized carbons (Fsp3) is 0.556. The van der Waals surface area contributed by atoms with E-state index in [1.165, 1.54) is 11.3 Å². The van der Waals surface area contributed by atoms with Crippen molar-refractivity contribution in [1.82, 2.24) is 19.2 Å². The Hall–Kier alpha value is -1.71. The molecule has 1 amide bonds. The third-order valence-electron chi connectivity index (χ3n) is 4.92. The summed E-state index contributed by atoms with van der Waals surface area (Å²) in [4.78, 5) is 20.1. The molecule has 0 aromatic carbocycles. The zero-order valence-electron chi connectivity index (χ0n) is 16.2. The number of aryl methyl sites for hydroxylation is 1. The number of nitrogens with zero attached hydrogens (tertiary/aromatic N) is 3. The van der Waals surface area contributed by atoms with Gasteiger partial charge in [0.25, 0.3) is 5.91 Å². The highest BCUT2D eigenvalue weighted by Crippen LogP contribution is 2.33. The van der Waals surface area contributed by atoms with Crippen molar-refractivity contribution in [3.05, 3.63) is 22.3 Å². The maximum atomic E-state index is 12.7. The number of hydrogen-bond acceptors (Lipinski definition) is 5. The third-order valence-corrected chi connectivity index (χ3v) is 7.67. The predicted molar refractivity (Wildman–Crippen MR) is 107 cm³/mol. The van der Waals surface area contributed by atoms with Crippen molar-refractivity contribution in [3.63, 3.8) is 0 Å². The van der Waals surface area contributed by atoms with Gasteiger partial charge in [0.05, 0.1) is 11.4 Å². The molecule has 0 saturated carbocycles. The highest BCUT2D eigenvalue weighted by atomic mass is 32.2. The van der Waals surface area contributed by atoms with Gasteiger partial charge in [0.1, 0.15) is 14.8 Å². The van der Waals surface area contributed by atoms with Crippen LogP contribution in [-0.2, 0) is 17.1 Å². The maximum absolute atomic E-state index is 12.7. The molecule has 7 nitrogen and oxygen atoms in total. The molecule has 1 saturated heterocycles. The van der Waals surface area contributed by atoms with E-state index in [0.717, 1.165) is 32.4 Å². The van der Waals surface area contributed by atoms with Crippen LogP contribution >= 0.6 is 11.3 Å². The third kappa shape index (κ3) is 3.81. The van der Waals surface area contributed by atoms with Crippen LogP contribution in [0.3, 0.4) is 0 Å². The average molecular weight is 411 g/mol. The first-order valence-corrected chi connectivity index (χ1v) is 11.5. The van der Waals surface area contributed by atoms with E-state index in [9.17, 15) is 13.2 Å². The molecule has 3 rings (SSSR count). The molecule has 9 heteroatoms. The van der Waals surface area contributed by atoms with Crippen LogP contribution < -0.4 is 4.72 Å². The van der Waals surface area contributed by atoms with Crippen LogP contribution in [0.1, 0.15) is 47.2 Å². The van der Waals surface area contributed by atoms with Crippen LogP contribution in [0.15, 0.2) is 11.0 Å². The van der Waals surface area contributed by atoms with Crippen molar-refractivity contribution in [1.29, 1.82) is 0 Å². The Balaban J connectivity index is 1.97. The second-order valence-electron chi connectivity index (χ2n) is 6.87. The lowest BCUT2D eigenvalue weighted by Gasteiger charge is -2.13. The Labute approximate surface area is 164 Å². The zero-order chi connectivity index (χ0) is 19.8. The summed E-state index contributed by atoms with van der Waals surface area (Å²) in [5.41, 5.74) is 2.05. The number of carbonyl (C=O) groups is 1. The fourth-order valence-corrected chi connectivity index (χ4v) is 5.74. The largest absolute Gasteiger partial charge is 0.345 e. The Bertz CT molecular complexity index is 954. The molecule has 27 heavy (non-hydrogen) atoms. The van der Waals surface area contributed by atoms with Gasteiger partial charge in [0.2, 0.25) is 10.0 Å². The zero-order valence-corrected chi connectivity index (χ0v) is 17.8. The van der Waals surface area contributed by atoms with Crippen molar-refractivity contribution in [2.24, 2.45) is 7.05 Å². The van der Waals surface area contributed by atoms with Crippen LogP contribution in [0.5, 0.6) is 0 Å². The minimum absolute atomic E-state index is 0.0251. The first-order chi connectivity index (χ1) is 12.8. The maximum Gasteiger partial charge on any atom is 0.265 e. The van der Waals surface area contributed by atoms with Crippen LogP contribution in [0.25, 0.3) is 10.7 Å². The Morgan fingerprint density at radius 3 is 2.59 bits per heavy atom. The molecule has 0 aliphatic carbocycles. The van der Waals surface area contributed by atoms with E-state index in [0.29, 0.717) is 33.5 Å². The van der Waals surface area contributed by atoms with Gasteiger partial charge in [-0.15, -0.1) is 11.3 Å². The number of aromatic nitrogens is 2. The molecule has 1 aliphatic rings. The highest BCUT2D eigenvalue weighted by Gasteiger charge is 2.27. The number of likely N-dealkylation sites (tertiary alicyclic amines) is 1. The van der Waals surface area contributed by atoms with Gasteiger partial charge in [-0.3, -0.25) is 4.79 Å². The molecule has 2 aromatic rings. The molecule has 1 aliphatic heterocycles. The number of sulfonamides is 1. The van der Waals surface area contributed by atoms with E-state index in [2.05, 4.69) is 9.71 Å². The summed E-state index contributed by atoms with van der Waals surface area (Å²) in [6, 6.07) is 1.65. The van der Waals surface area contributed by atoms with E-state index in [1.807, 2.05) is 30.4 Å². The van der Waals surface area contributed by atoms with Gasteiger partial charge in [0.15, 0.2) is 0 Å². The van der Waals surface area contributed by atoms with Crippen molar-refractivity contribution in [3.8, 4) is 10.7 Å². The Kier molecular flexibility index (Phi) is 5.73. The Morgan fingerprint density at radius 1 is 1.30 bits per heavy atom. The summed E-state index contributed by atoms with van der Waals surface area (Å²) in [7, 11) is -1.74. The molecular weight excluding hydrogens is 384 g/mol. The minimum Gasteiger partial charge on any atom is -0.345 e. The highest BCUT2D eigenvalue weighted by molar-refractivity contribution is 7.89. The summed E-state index contributed by atoms with van der Waals surface area (Å²) >= 11 is 1.33. The van der Waals surface area contributed by atoms with Crippen molar-refractivity contribution in [2.45, 2.75) is 44.9 Å². The van der Waals surface area contributed by atoms with E-state index < -0.39 is 10.0 Å². The van der Waals surface area contributed by atoms with Crippen LogP contribution in [-0.4, -0.2) is 48.4 Å². The lowest BCUT2D eigenvalue weighted by molar-refractivity contribution is 0.0796. The molecule has 0 radical (unpaired) electrons. The molecule has 2 aromatic heterocycles. The van der Waals surface area contributed by atoms with E-state index in [-0.39, 0.29) is 10.8 Å². The quantitative estimate of drug-likeness (QED) is 0.793. The van der Waals surface area contributed by atoms with E-state index in [4.69, 9.17) is 0 Å². The second kappa shape index (κ2) is 7.73. The van der Waals surface area contributed by atoms with Crippen LogP contribution in [0, 0.1) is 13.8 Å². The van der Waals surface area contributed by atoms with Crippen molar-refractivity contribution < 1.29 is 13.2 Å². The number of carbonyl (C=O) groups excluding carboxylic acids is 1.